The second-order valence-electron chi connectivity index (χ2n) is 10.6. The van der Waals surface area contributed by atoms with Gasteiger partial charge in [-0.3, -0.25) is 0 Å². The normalized spacial score (nSPS) is 11.3. The summed E-state index contributed by atoms with van der Waals surface area (Å²) >= 11 is 1.85. The first kappa shape index (κ1) is 25.3. The van der Waals surface area contributed by atoms with Gasteiger partial charge >= 0.3 is 0 Å². The molecule has 2 heterocycles. The maximum atomic E-state index is 5.19. The summed E-state index contributed by atoms with van der Waals surface area (Å²) in [4.78, 5) is 10.2. The van der Waals surface area contributed by atoms with Crippen LogP contribution in [0.2, 0.25) is 0 Å². The van der Waals surface area contributed by atoms with Crippen LogP contribution in [-0.4, -0.2) is 9.97 Å². The Kier molecular flexibility index (Phi) is 6.36. The third-order valence-electron chi connectivity index (χ3n) is 7.92. The molecule has 0 amide bonds. The van der Waals surface area contributed by atoms with Gasteiger partial charge in [-0.1, -0.05) is 133 Å². The maximum absolute atomic E-state index is 5.19. The van der Waals surface area contributed by atoms with Crippen molar-refractivity contribution in [1.82, 2.24) is 9.97 Å². The van der Waals surface area contributed by atoms with E-state index in [9.17, 15) is 0 Å². The molecule has 8 rings (SSSR count). The molecule has 0 aliphatic rings. The van der Waals surface area contributed by atoms with E-state index >= 15 is 0 Å². The fourth-order valence-corrected chi connectivity index (χ4v) is 6.96. The monoisotopic (exact) mass is 566 g/mol. The number of nitrogens with zero attached hydrogens (tertiary/aromatic N) is 2. The van der Waals surface area contributed by atoms with Crippen molar-refractivity contribution in [3.63, 3.8) is 0 Å². The van der Waals surface area contributed by atoms with Crippen LogP contribution in [0.5, 0.6) is 0 Å². The highest BCUT2D eigenvalue weighted by molar-refractivity contribution is 7.25. The van der Waals surface area contributed by atoms with Gasteiger partial charge < -0.3 is 0 Å². The lowest BCUT2D eigenvalue weighted by Gasteiger charge is -2.17. The Labute approximate surface area is 254 Å². The summed E-state index contributed by atoms with van der Waals surface area (Å²) in [5.74, 6) is 0.715. The number of hydrogen-bond acceptors (Lipinski definition) is 3. The number of rotatable bonds is 5. The van der Waals surface area contributed by atoms with E-state index in [0.717, 1.165) is 33.6 Å². The van der Waals surface area contributed by atoms with Crippen molar-refractivity contribution >= 4 is 31.5 Å². The minimum Gasteiger partial charge on any atom is -0.228 e. The van der Waals surface area contributed by atoms with Gasteiger partial charge in [0.1, 0.15) is 0 Å². The first-order valence-corrected chi connectivity index (χ1v) is 15.2. The Morgan fingerprint density at radius 3 is 1.74 bits per heavy atom. The van der Waals surface area contributed by atoms with Crippen LogP contribution < -0.4 is 0 Å². The molecule has 2 nitrogen and oxygen atoms in total. The molecule has 8 aromatic rings. The molecule has 0 saturated heterocycles. The SMILES string of the molecule is c1ccc(-c2cc(-c3cccc(-c4ccc5sc6ccccc6c5c4)c3-c3ccccc3)nc(-c3ccccc3)n2)cc1. The molecule has 0 fully saturated rings. The van der Waals surface area contributed by atoms with Crippen LogP contribution in [0.15, 0.2) is 158 Å². The predicted octanol–water partition coefficient (Wildman–Crippen LogP) is 11.2. The van der Waals surface area contributed by atoms with E-state index in [2.05, 4.69) is 133 Å². The van der Waals surface area contributed by atoms with Gasteiger partial charge in [0, 0.05) is 36.9 Å². The number of fused-ring (bicyclic) bond motifs is 3. The summed E-state index contributed by atoms with van der Waals surface area (Å²) in [5, 5.41) is 2.60. The minimum atomic E-state index is 0.715. The Morgan fingerprint density at radius 2 is 0.977 bits per heavy atom. The molecule has 0 aliphatic carbocycles. The van der Waals surface area contributed by atoms with Gasteiger partial charge in [-0.25, -0.2) is 9.97 Å². The van der Waals surface area contributed by atoms with Crippen molar-refractivity contribution in [1.29, 1.82) is 0 Å². The average Bonchev–Trinajstić information content (AvgIpc) is 3.47. The lowest BCUT2D eigenvalue weighted by molar-refractivity contribution is 1.18. The second-order valence-corrected chi connectivity index (χ2v) is 11.7. The first-order chi connectivity index (χ1) is 21.3. The molecule has 3 heteroatoms. The Bertz CT molecular complexity index is 2160. The molecule has 43 heavy (non-hydrogen) atoms. The van der Waals surface area contributed by atoms with Gasteiger partial charge in [0.25, 0.3) is 0 Å². The Morgan fingerprint density at radius 1 is 0.372 bits per heavy atom. The molecule has 0 unspecified atom stereocenters. The van der Waals surface area contributed by atoms with E-state index in [4.69, 9.17) is 9.97 Å². The van der Waals surface area contributed by atoms with E-state index in [0.29, 0.717) is 5.82 Å². The topological polar surface area (TPSA) is 25.8 Å². The van der Waals surface area contributed by atoms with Crippen molar-refractivity contribution in [2.24, 2.45) is 0 Å². The van der Waals surface area contributed by atoms with E-state index in [-0.39, 0.29) is 0 Å². The third kappa shape index (κ3) is 4.70. The van der Waals surface area contributed by atoms with E-state index in [1.165, 1.54) is 36.9 Å². The summed E-state index contributed by atoms with van der Waals surface area (Å²) in [6.45, 7) is 0. The van der Waals surface area contributed by atoms with Crippen LogP contribution >= 0.6 is 11.3 Å². The van der Waals surface area contributed by atoms with Crippen LogP contribution in [0, 0.1) is 0 Å². The zero-order valence-corrected chi connectivity index (χ0v) is 24.1. The Hall–Kier alpha value is -5.38. The lowest BCUT2D eigenvalue weighted by atomic mass is 9.88. The fraction of sp³-hybridized carbons (Fsp3) is 0. The second kappa shape index (κ2) is 10.8. The van der Waals surface area contributed by atoms with Gasteiger partial charge in [0.15, 0.2) is 5.82 Å². The molecule has 0 aliphatic heterocycles. The summed E-state index contributed by atoms with van der Waals surface area (Å²) in [6, 6.07) is 55.5. The molecule has 6 aromatic carbocycles. The van der Waals surface area contributed by atoms with E-state index in [1.807, 2.05) is 35.6 Å². The first-order valence-electron chi connectivity index (χ1n) is 14.4. The van der Waals surface area contributed by atoms with Crippen molar-refractivity contribution in [3.05, 3.63) is 158 Å². The van der Waals surface area contributed by atoms with Gasteiger partial charge in [-0.05, 0) is 46.5 Å². The molecule has 0 saturated carbocycles. The quantitative estimate of drug-likeness (QED) is 0.207. The summed E-state index contributed by atoms with van der Waals surface area (Å²) < 4.78 is 2.62. The zero-order valence-electron chi connectivity index (χ0n) is 23.3. The van der Waals surface area contributed by atoms with Gasteiger partial charge in [-0.15, -0.1) is 11.3 Å². The van der Waals surface area contributed by atoms with Crippen molar-refractivity contribution in [2.45, 2.75) is 0 Å². The van der Waals surface area contributed by atoms with Crippen LogP contribution in [0.25, 0.3) is 76.3 Å². The highest BCUT2D eigenvalue weighted by Gasteiger charge is 2.18. The van der Waals surface area contributed by atoms with Crippen LogP contribution in [-0.2, 0) is 0 Å². The molecule has 0 N–H and O–H groups in total. The third-order valence-corrected chi connectivity index (χ3v) is 9.07. The van der Waals surface area contributed by atoms with Gasteiger partial charge in [0.2, 0.25) is 0 Å². The van der Waals surface area contributed by atoms with Crippen LogP contribution in [0.1, 0.15) is 0 Å². The number of benzene rings is 6. The molecule has 202 valence electrons. The minimum absolute atomic E-state index is 0.715. The van der Waals surface area contributed by atoms with Gasteiger partial charge in [0.05, 0.1) is 11.4 Å². The molecule has 2 aromatic heterocycles. The number of hydrogen-bond donors (Lipinski definition) is 0. The molecular formula is C40H26N2S. The Balaban J connectivity index is 1.39. The highest BCUT2D eigenvalue weighted by atomic mass is 32.1. The number of aromatic nitrogens is 2. The molecule has 0 spiro atoms. The van der Waals surface area contributed by atoms with Crippen LogP contribution in [0.3, 0.4) is 0 Å². The maximum Gasteiger partial charge on any atom is 0.160 e. The molecule has 0 bridgehead atoms. The highest BCUT2D eigenvalue weighted by Crippen LogP contribution is 2.43. The zero-order chi connectivity index (χ0) is 28.6. The van der Waals surface area contributed by atoms with Crippen LogP contribution in [0.4, 0.5) is 0 Å². The van der Waals surface area contributed by atoms with E-state index < -0.39 is 0 Å². The van der Waals surface area contributed by atoms with Crippen molar-refractivity contribution < 1.29 is 0 Å². The lowest BCUT2D eigenvalue weighted by Crippen LogP contribution is -1.98. The summed E-state index contributed by atoms with van der Waals surface area (Å²) in [5.41, 5.74) is 9.64. The largest absolute Gasteiger partial charge is 0.228 e. The molecule has 0 radical (unpaired) electrons. The van der Waals surface area contributed by atoms with Crippen molar-refractivity contribution in [2.75, 3.05) is 0 Å². The summed E-state index contributed by atoms with van der Waals surface area (Å²) in [6.07, 6.45) is 0. The van der Waals surface area contributed by atoms with Gasteiger partial charge in [-0.2, -0.15) is 0 Å². The standard InChI is InChI=1S/C40H26N2S/c1-4-13-27(14-5-1)35-26-36(42-40(41-35)29-17-8-3-9-18-29)33-21-12-20-31(39(33)28-15-6-2-7-16-28)30-23-24-38-34(25-30)32-19-10-11-22-37(32)43-38/h1-26H. The molecule has 0 atom stereocenters. The summed E-state index contributed by atoms with van der Waals surface area (Å²) in [7, 11) is 0. The fourth-order valence-electron chi connectivity index (χ4n) is 5.87. The predicted molar refractivity (Wildman–Crippen MR) is 182 cm³/mol. The molecular weight excluding hydrogens is 541 g/mol. The smallest absolute Gasteiger partial charge is 0.160 e. The number of thiophene rings is 1. The van der Waals surface area contributed by atoms with Crippen molar-refractivity contribution in [3.8, 4) is 56.2 Å². The van der Waals surface area contributed by atoms with E-state index in [1.54, 1.807) is 0 Å². The average molecular weight is 567 g/mol.